The van der Waals surface area contributed by atoms with E-state index in [1.807, 2.05) is 6.07 Å². The quantitative estimate of drug-likeness (QED) is 0.736. The molecule has 0 radical (unpaired) electrons. The third kappa shape index (κ3) is 3.51. The van der Waals surface area contributed by atoms with Gasteiger partial charge in [-0.1, -0.05) is 12.1 Å². The van der Waals surface area contributed by atoms with Crippen molar-refractivity contribution in [2.75, 3.05) is 20.7 Å². The summed E-state index contributed by atoms with van der Waals surface area (Å²) in [6.45, 7) is 0.583. The summed E-state index contributed by atoms with van der Waals surface area (Å²) in [5.74, 6) is 0.840. The van der Waals surface area contributed by atoms with Crippen LogP contribution < -0.4 is 15.4 Å². The number of thiophene rings is 1. The van der Waals surface area contributed by atoms with Crippen LogP contribution in [0.3, 0.4) is 0 Å². The number of amides is 2. The molecule has 2 N–H and O–H groups in total. The fourth-order valence-electron chi connectivity index (χ4n) is 2.73. The van der Waals surface area contributed by atoms with Gasteiger partial charge in [0.15, 0.2) is 0 Å². The summed E-state index contributed by atoms with van der Waals surface area (Å²) < 4.78 is 5.36. The molecule has 0 spiro atoms. The van der Waals surface area contributed by atoms with Crippen LogP contribution in [0.1, 0.15) is 5.56 Å². The second-order valence-electron chi connectivity index (χ2n) is 5.46. The van der Waals surface area contributed by atoms with Gasteiger partial charge in [0, 0.05) is 18.5 Å². The highest BCUT2D eigenvalue weighted by atomic mass is 32.1. The molecule has 0 aliphatic rings. The predicted octanol–water partition coefficient (Wildman–Crippen LogP) is 4.05. The summed E-state index contributed by atoms with van der Waals surface area (Å²) in [4.78, 5) is 12.6. The number of carbonyl (C=O) groups is 1. The Morgan fingerprint density at radius 1 is 1.21 bits per heavy atom. The molecule has 1 aromatic heterocycles. The number of ether oxygens (including phenoxy) is 1. The van der Waals surface area contributed by atoms with Crippen LogP contribution in [0.2, 0.25) is 0 Å². The highest BCUT2D eigenvalue weighted by Gasteiger charge is 2.09. The van der Waals surface area contributed by atoms with Crippen molar-refractivity contribution < 1.29 is 9.53 Å². The van der Waals surface area contributed by atoms with Crippen molar-refractivity contribution in [1.82, 2.24) is 10.6 Å². The molecule has 0 aliphatic heterocycles. The van der Waals surface area contributed by atoms with Crippen molar-refractivity contribution in [1.29, 1.82) is 0 Å². The van der Waals surface area contributed by atoms with Crippen molar-refractivity contribution >= 4 is 28.1 Å². The van der Waals surface area contributed by atoms with E-state index in [4.69, 9.17) is 4.74 Å². The van der Waals surface area contributed by atoms with Gasteiger partial charge in [0.05, 0.1) is 7.11 Å². The lowest BCUT2D eigenvalue weighted by Crippen LogP contribution is -2.34. The fraction of sp³-hybridized carbons (Fsp3) is 0.211. The summed E-state index contributed by atoms with van der Waals surface area (Å²) in [6.07, 6.45) is 0.760. The molecule has 0 aliphatic carbocycles. The minimum atomic E-state index is -0.161. The molecule has 0 atom stereocenters. The predicted molar refractivity (Wildman–Crippen MR) is 100.0 cm³/mol. The van der Waals surface area contributed by atoms with Crippen LogP contribution >= 0.6 is 11.3 Å². The zero-order valence-electron chi connectivity index (χ0n) is 13.8. The molecule has 124 valence electrons. The van der Waals surface area contributed by atoms with E-state index in [1.54, 1.807) is 25.5 Å². The first kappa shape index (κ1) is 16.3. The van der Waals surface area contributed by atoms with Gasteiger partial charge in [0.2, 0.25) is 0 Å². The van der Waals surface area contributed by atoms with Crippen molar-refractivity contribution in [3.8, 4) is 16.2 Å². The van der Waals surface area contributed by atoms with Crippen molar-refractivity contribution in [3.63, 3.8) is 0 Å². The van der Waals surface area contributed by atoms with Gasteiger partial charge in [-0.05, 0) is 64.0 Å². The first-order chi connectivity index (χ1) is 11.7. The topological polar surface area (TPSA) is 50.4 Å². The largest absolute Gasteiger partial charge is 0.497 e. The molecule has 3 aromatic rings. The van der Waals surface area contributed by atoms with Gasteiger partial charge < -0.3 is 15.4 Å². The maximum atomic E-state index is 11.4. The van der Waals surface area contributed by atoms with Gasteiger partial charge in [0.1, 0.15) is 5.75 Å². The summed E-state index contributed by atoms with van der Waals surface area (Å²) >= 11 is 1.73. The average molecular weight is 340 g/mol. The van der Waals surface area contributed by atoms with Gasteiger partial charge in [-0.3, -0.25) is 0 Å². The second kappa shape index (κ2) is 7.36. The molecule has 4 nitrogen and oxygen atoms in total. The van der Waals surface area contributed by atoms with Crippen LogP contribution in [0.4, 0.5) is 4.79 Å². The van der Waals surface area contributed by atoms with E-state index in [0.29, 0.717) is 6.54 Å². The lowest BCUT2D eigenvalue weighted by Gasteiger charge is -2.12. The minimum Gasteiger partial charge on any atom is -0.497 e. The Morgan fingerprint density at radius 2 is 2.08 bits per heavy atom. The van der Waals surface area contributed by atoms with E-state index in [1.165, 1.54) is 21.4 Å². The van der Waals surface area contributed by atoms with Crippen LogP contribution in [0.15, 0.2) is 47.8 Å². The van der Waals surface area contributed by atoms with Crippen LogP contribution in [-0.2, 0) is 6.42 Å². The lowest BCUT2D eigenvalue weighted by atomic mass is 9.98. The van der Waals surface area contributed by atoms with Crippen molar-refractivity contribution in [2.24, 2.45) is 0 Å². The SMILES string of the molecule is CNC(=O)NCCc1cc(-c2cccs2)cc2ccc(OC)cc12. The second-order valence-corrected chi connectivity index (χ2v) is 6.40. The fourth-order valence-corrected chi connectivity index (χ4v) is 3.45. The molecular formula is C19H20N2O2S. The number of nitrogens with one attached hydrogen (secondary N) is 2. The molecule has 3 rings (SSSR count). The normalized spacial score (nSPS) is 10.6. The molecule has 0 saturated heterocycles. The molecular weight excluding hydrogens is 320 g/mol. The highest BCUT2D eigenvalue weighted by Crippen LogP contribution is 2.32. The third-order valence-electron chi connectivity index (χ3n) is 3.96. The van der Waals surface area contributed by atoms with Gasteiger partial charge >= 0.3 is 6.03 Å². The van der Waals surface area contributed by atoms with Crippen LogP contribution in [0, 0.1) is 0 Å². The van der Waals surface area contributed by atoms with Crippen LogP contribution in [0.5, 0.6) is 5.75 Å². The number of benzene rings is 2. The number of hydrogen-bond donors (Lipinski definition) is 2. The number of fused-ring (bicyclic) bond motifs is 1. The summed E-state index contributed by atoms with van der Waals surface area (Å²) in [6, 6.07) is 14.6. The zero-order valence-corrected chi connectivity index (χ0v) is 14.6. The summed E-state index contributed by atoms with van der Waals surface area (Å²) in [7, 11) is 3.29. The van der Waals surface area contributed by atoms with E-state index in [2.05, 4.69) is 52.4 Å². The molecule has 24 heavy (non-hydrogen) atoms. The van der Waals surface area contributed by atoms with Crippen molar-refractivity contribution in [3.05, 3.63) is 53.4 Å². The van der Waals surface area contributed by atoms with E-state index < -0.39 is 0 Å². The molecule has 2 amide bonds. The average Bonchev–Trinajstić information content (AvgIpc) is 3.15. The van der Waals surface area contributed by atoms with E-state index in [0.717, 1.165) is 17.6 Å². The molecule has 0 fully saturated rings. The Morgan fingerprint density at radius 3 is 2.79 bits per heavy atom. The molecule has 0 bridgehead atoms. The smallest absolute Gasteiger partial charge is 0.314 e. The van der Waals surface area contributed by atoms with E-state index in [9.17, 15) is 4.79 Å². The Kier molecular flexibility index (Phi) is 5.01. The maximum Gasteiger partial charge on any atom is 0.314 e. The van der Waals surface area contributed by atoms with Gasteiger partial charge in [-0.2, -0.15) is 0 Å². The van der Waals surface area contributed by atoms with Crippen molar-refractivity contribution in [2.45, 2.75) is 6.42 Å². The van der Waals surface area contributed by atoms with Gasteiger partial charge in [-0.25, -0.2) is 4.79 Å². The van der Waals surface area contributed by atoms with E-state index in [-0.39, 0.29) is 6.03 Å². The third-order valence-corrected chi connectivity index (χ3v) is 4.88. The lowest BCUT2D eigenvalue weighted by molar-refractivity contribution is 0.243. The first-order valence-electron chi connectivity index (χ1n) is 7.81. The summed E-state index contributed by atoms with van der Waals surface area (Å²) in [5, 5.41) is 9.84. The van der Waals surface area contributed by atoms with Crippen LogP contribution in [0.25, 0.3) is 21.2 Å². The molecule has 5 heteroatoms. The first-order valence-corrected chi connectivity index (χ1v) is 8.69. The molecule has 0 saturated carbocycles. The van der Waals surface area contributed by atoms with E-state index >= 15 is 0 Å². The molecule has 0 unspecified atom stereocenters. The zero-order chi connectivity index (χ0) is 16.9. The summed E-state index contributed by atoms with van der Waals surface area (Å²) in [5.41, 5.74) is 2.41. The Balaban J connectivity index is 1.99. The number of hydrogen-bond acceptors (Lipinski definition) is 3. The molecule has 1 heterocycles. The number of urea groups is 1. The number of carbonyl (C=O) groups excluding carboxylic acids is 1. The van der Waals surface area contributed by atoms with Gasteiger partial charge in [-0.15, -0.1) is 11.3 Å². The Hall–Kier alpha value is -2.53. The number of methoxy groups -OCH3 is 1. The van der Waals surface area contributed by atoms with Crippen LogP contribution in [-0.4, -0.2) is 26.7 Å². The highest BCUT2D eigenvalue weighted by molar-refractivity contribution is 7.13. The minimum absolute atomic E-state index is 0.161. The maximum absolute atomic E-state index is 11.4. The molecule has 2 aromatic carbocycles. The number of rotatable bonds is 5. The Bertz CT molecular complexity index is 844. The standard InChI is InChI=1S/C19H20N2O2S/c1-20-19(22)21-8-7-14-11-15(18-4-3-9-24-18)10-13-5-6-16(23-2)12-17(13)14/h3-6,9-12H,7-8H2,1-2H3,(H2,20,21,22). The monoisotopic (exact) mass is 340 g/mol. The van der Waals surface area contributed by atoms with Gasteiger partial charge in [0.25, 0.3) is 0 Å². The Labute approximate surface area is 145 Å².